The van der Waals surface area contributed by atoms with E-state index in [0.717, 1.165) is 50.4 Å². The van der Waals surface area contributed by atoms with Gasteiger partial charge in [0.25, 0.3) is 0 Å². The van der Waals surface area contributed by atoms with Gasteiger partial charge in [-0.15, -0.1) is 0 Å². The lowest BCUT2D eigenvalue weighted by Gasteiger charge is -2.18. The van der Waals surface area contributed by atoms with Crippen molar-refractivity contribution in [1.29, 1.82) is 0 Å². The summed E-state index contributed by atoms with van der Waals surface area (Å²) in [6.45, 7) is 2.25. The van der Waals surface area contributed by atoms with Crippen LogP contribution >= 0.6 is 0 Å². The van der Waals surface area contributed by atoms with Crippen molar-refractivity contribution in [2.75, 3.05) is 26.4 Å². The fraction of sp³-hybridized carbons (Fsp3) is 0.741. The molecular weight excluding hydrogens is 713 g/mol. The Kier molecular flexibility index (Phi) is 31.5. The average molecular weight is 803 g/mol. The molecule has 2 N–H and O–H groups in total. The van der Waals surface area contributed by atoms with Crippen molar-refractivity contribution in [3.8, 4) is 11.5 Å². The summed E-state index contributed by atoms with van der Waals surface area (Å²) in [5, 5.41) is 22.4. The van der Waals surface area contributed by atoms with Gasteiger partial charge < -0.3 is 19.7 Å². The Balaban J connectivity index is 1.21. The largest absolute Gasteiger partial charge is 0.492 e. The Morgan fingerprint density at radius 2 is 0.414 bits per heavy atom. The maximum atomic E-state index is 8.86. The van der Waals surface area contributed by atoms with Crippen LogP contribution in [0.15, 0.2) is 48.5 Å². The number of aliphatic hydroxyl groups is 2. The summed E-state index contributed by atoms with van der Waals surface area (Å²) in [7, 11) is 0. The SMILES string of the molecule is OCCCCCCCCCCCCCCCCCCCCOc1c2ccccc2c(OCCCCCCCCCCCCCCCCCCCCO)c2ccccc12. The van der Waals surface area contributed by atoms with Gasteiger partial charge in [0.15, 0.2) is 0 Å². The van der Waals surface area contributed by atoms with Crippen LogP contribution in [-0.2, 0) is 0 Å². The first-order valence-corrected chi connectivity index (χ1v) is 25.3. The van der Waals surface area contributed by atoms with Crippen LogP contribution in [-0.4, -0.2) is 36.6 Å². The fourth-order valence-electron chi connectivity index (χ4n) is 8.79. The zero-order valence-electron chi connectivity index (χ0n) is 37.6. The van der Waals surface area contributed by atoms with E-state index in [4.69, 9.17) is 19.7 Å². The maximum absolute atomic E-state index is 8.86. The summed E-state index contributed by atoms with van der Waals surface area (Å²) < 4.78 is 13.2. The molecule has 0 spiro atoms. The van der Waals surface area contributed by atoms with Crippen LogP contribution in [0.25, 0.3) is 21.5 Å². The van der Waals surface area contributed by atoms with E-state index in [1.165, 1.54) is 227 Å². The lowest BCUT2D eigenvalue weighted by atomic mass is 10.0. The van der Waals surface area contributed by atoms with Crippen molar-refractivity contribution in [3.63, 3.8) is 0 Å². The first kappa shape index (κ1) is 50.1. The van der Waals surface area contributed by atoms with Crippen LogP contribution in [0.5, 0.6) is 11.5 Å². The Labute approximate surface area is 357 Å². The molecule has 4 nitrogen and oxygen atoms in total. The van der Waals surface area contributed by atoms with E-state index in [9.17, 15) is 0 Å². The van der Waals surface area contributed by atoms with Gasteiger partial charge in [-0.3, -0.25) is 0 Å². The maximum Gasteiger partial charge on any atom is 0.135 e. The molecule has 3 aromatic carbocycles. The number of ether oxygens (including phenoxy) is 2. The zero-order valence-corrected chi connectivity index (χ0v) is 37.6. The summed E-state index contributed by atoms with van der Waals surface area (Å²) in [5.41, 5.74) is 0. The highest BCUT2D eigenvalue weighted by Gasteiger charge is 2.16. The predicted octanol–water partition coefficient (Wildman–Crippen LogP) is 16.8. The summed E-state index contributed by atoms with van der Waals surface area (Å²) in [6.07, 6.45) is 47.8. The molecule has 0 aliphatic carbocycles. The van der Waals surface area contributed by atoms with Gasteiger partial charge in [0.1, 0.15) is 11.5 Å². The lowest BCUT2D eigenvalue weighted by molar-refractivity contribution is 0.282. The first-order chi connectivity index (χ1) is 28.9. The average Bonchev–Trinajstić information content (AvgIpc) is 3.25. The number of fused-ring (bicyclic) bond motifs is 2. The summed E-state index contributed by atoms with van der Waals surface area (Å²) >= 11 is 0. The van der Waals surface area contributed by atoms with Crippen LogP contribution in [0, 0.1) is 0 Å². The number of unbranched alkanes of at least 4 members (excludes halogenated alkanes) is 34. The molecule has 0 atom stereocenters. The molecule has 3 aromatic rings. The van der Waals surface area contributed by atoms with Crippen molar-refractivity contribution < 1.29 is 19.7 Å². The van der Waals surface area contributed by atoms with E-state index in [2.05, 4.69) is 48.5 Å². The first-order valence-electron chi connectivity index (χ1n) is 25.3. The molecule has 0 aliphatic heterocycles. The topological polar surface area (TPSA) is 58.9 Å². The quantitative estimate of drug-likeness (QED) is 0.0442. The third-order valence-electron chi connectivity index (χ3n) is 12.4. The number of hydrogen-bond acceptors (Lipinski definition) is 4. The van der Waals surface area contributed by atoms with Crippen LogP contribution in [0.3, 0.4) is 0 Å². The van der Waals surface area contributed by atoms with E-state index in [1.54, 1.807) is 0 Å². The van der Waals surface area contributed by atoms with Gasteiger partial charge in [-0.1, -0.05) is 254 Å². The van der Waals surface area contributed by atoms with E-state index in [-0.39, 0.29) is 0 Å². The molecule has 0 radical (unpaired) electrons. The highest BCUT2D eigenvalue weighted by molar-refractivity contribution is 6.11. The molecule has 4 heteroatoms. The van der Waals surface area contributed by atoms with Gasteiger partial charge in [-0.25, -0.2) is 0 Å². The minimum absolute atomic E-state index is 0.357. The molecular formula is C54H90O4. The predicted molar refractivity (Wildman–Crippen MR) is 253 cm³/mol. The molecule has 0 saturated carbocycles. The van der Waals surface area contributed by atoms with Crippen LogP contribution in [0.4, 0.5) is 0 Å². The highest BCUT2D eigenvalue weighted by atomic mass is 16.5. The molecule has 3 rings (SSSR count). The van der Waals surface area contributed by atoms with Gasteiger partial charge in [0.05, 0.1) is 13.2 Å². The van der Waals surface area contributed by atoms with Crippen LogP contribution in [0.1, 0.15) is 231 Å². The normalized spacial score (nSPS) is 11.6. The Hall–Kier alpha value is -2.30. The minimum Gasteiger partial charge on any atom is -0.492 e. The molecule has 0 unspecified atom stereocenters. The van der Waals surface area contributed by atoms with E-state index < -0.39 is 0 Å². The second kappa shape index (κ2) is 36.5. The molecule has 0 saturated heterocycles. The third kappa shape index (κ3) is 23.5. The van der Waals surface area contributed by atoms with Gasteiger partial charge in [0, 0.05) is 34.8 Å². The zero-order chi connectivity index (χ0) is 40.8. The number of aliphatic hydroxyl groups excluding tert-OH is 2. The smallest absolute Gasteiger partial charge is 0.135 e. The molecule has 0 aromatic heterocycles. The molecule has 0 aliphatic rings. The Morgan fingerprint density at radius 1 is 0.241 bits per heavy atom. The Bertz CT molecular complexity index is 1190. The number of rotatable bonds is 42. The summed E-state index contributed by atoms with van der Waals surface area (Å²) in [5.74, 6) is 2.04. The molecule has 0 heterocycles. The molecule has 0 amide bonds. The second-order valence-electron chi connectivity index (χ2n) is 17.6. The summed E-state index contributed by atoms with van der Waals surface area (Å²) in [6, 6.07) is 17.4. The number of benzene rings is 3. The monoisotopic (exact) mass is 803 g/mol. The van der Waals surface area contributed by atoms with Crippen molar-refractivity contribution in [1.82, 2.24) is 0 Å². The van der Waals surface area contributed by atoms with E-state index >= 15 is 0 Å². The standard InChI is InChI=1S/C54H90O4/c55-45-37-29-25-21-17-13-9-5-1-3-7-11-15-19-23-27-31-39-47-57-53-49-41-33-35-43-51(49)54(52-44-36-34-42-50(52)53)58-48-40-32-28-24-20-16-12-8-4-2-6-10-14-18-22-26-30-38-46-56/h33-36,41-44,55-56H,1-32,37-40,45-48H2. The van der Waals surface area contributed by atoms with Crippen molar-refractivity contribution in [2.45, 2.75) is 231 Å². The molecule has 330 valence electrons. The van der Waals surface area contributed by atoms with Crippen molar-refractivity contribution in [3.05, 3.63) is 48.5 Å². The van der Waals surface area contributed by atoms with Gasteiger partial charge >= 0.3 is 0 Å². The highest BCUT2D eigenvalue weighted by Crippen LogP contribution is 2.43. The van der Waals surface area contributed by atoms with Crippen molar-refractivity contribution >= 4 is 21.5 Å². The van der Waals surface area contributed by atoms with Gasteiger partial charge in [-0.05, 0) is 25.7 Å². The van der Waals surface area contributed by atoms with Crippen LogP contribution < -0.4 is 9.47 Å². The van der Waals surface area contributed by atoms with Crippen LogP contribution in [0.2, 0.25) is 0 Å². The van der Waals surface area contributed by atoms with E-state index in [1.807, 2.05) is 0 Å². The Morgan fingerprint density at radius 3 is 0.603 bits per heavy atom. The second-order valence-corrected chi connectivity index (χ2v) is 17.6. The lowest BCUT2D eigenvalue weighted by Crippen LogP contribution is -2.02. The van der Waals surface area contributed by atoms with Crippen molar-refractivity contribution in [2.24, 2.45) is 0 Å². The molecule has 58 heavy (non-hydrogen) atoms. The minimum atomic E-state index is 0.357. The van der Waals surface area contributed by atoms with Gasteiger partial charge in [-0.2, -0.15) is 0 Å². The third-order valence-corrected chi connectivity index (χ3v) is 12.4. The fourth-order valence-corrected chi connectivity index (χ4v) is 8.79. The summed E-state index contributed by atoms with van der Waals surface area (Å²) in [4.78, 5) is 0. The van der Waals surface area contributed by atoms with Gasteiger partial charge in [0.2, 0.25) is 0 Å². The number of hydrogen-bond donors (Lipinski definition) is 2. The molecule has 0 fully saturated rings. The molecule has 0 bridgehead atoms. The van der Waals surface area contributed by atoms with E-state index in [0.29, 0.717) is 13.2 Å².